The van der Waals surface area contributed by atoms with Crippen molar-refractivity contribution in [2.75, 3.05) is 29.6 Å². The van der Waals surface area contributed by atoms with Crippen molar-refractivity contribution in [3.05, 3.63) is 54.1 Å². The molecule has 1 atom stereocenters. The first-order valence-electron chi connectivity index (χ1n) is 8.94. The van der Waals surface area contributed by atoms with Gasteiger partial charge in [0, 0.05) is 29.2 Å². The summed E-state index contributed by atoms with van der Waals surface area (Å²) in [6.45, 7) is 1.77. The molecule has 1 saturated heterocycles. The second kappa shape index (κ2) is 8.93. The van der Waals surface area contributed by atoms with Crippen LogP contribution in [0.4, 0.5) is 11.4 Å². The number of benzene rings is 2. The van der Waals surface area contributed by atoms with Gasteiger partial charge < -0.3 is 15.0 Å². The highest BCUT2D eigenvalue weighted by Gasteiger charge is 2.36. The molecule has 1 aliphatic rings. The van der Waals surface area contributed by atoms with Crippen LogP contribution in [0.5, 0.6) is 0 Å². The molecule has 0 unspecified atom stereocenters. The number of hydrogen-bond acceptors (Lipinski definition) is 5. The van der Waals surface area contributed by atoms with E-state index in [4.69, 9.17) is 4.74 Å². The number of amides is 2. The van der Waals surface area contributed by atoms with Gasteiger partial charge in [-0.15, -0.1) is 11.8 Å². The molecule has 0 saturated carbocycles. The predicted molar refractivity (Wildman–Crippen MR) is 109 cm³/mol. The fourth-order valence-corrected chi connectivity index (χ4v) is 3.50. The van der Waals surface area contributed by atoms with Gasteiger partial charge in [0.05, 0.1) is 5.92 Å². The van der Waals surface area contributed by atoms with E-state index in [1.54, 1.807) is 22.7 Å². The van der Waals surface area contributed by atoms with Crippen LogP contribution in [0.15, 0.2) is 53.4 Å². The van der Waals surface area contributed by atoms with Gasteiger partial charge in [-0.1, -0.05) is 24.3 Å². The third-order valence-corrected chi connectivity index (χ3v) is 5.31. The highest BCUT2D eigenvalue weighted by molar-refractivity contribution is 7.98. The summed E-state index contributed by atoms with van der Waals surface area (Å²) >= 11 is 1.59. The van der Waals surface area contributed by atoms with Crippen LogP contribution in [0.25, 0.3) is 0 Å². The number of thioether (sulfide) groups is 1. The molecule has 2 aromatic carbocycles. The summed E-state index contributed by atoms with van der Waals surface area (Å²) in [4.78, 5) is 39.3. The number of esters is 1. The lowest BCUT2D eigenvalue weighted by molar-refractivity contribution is -0.151. The van der Waals surface area contributed by atoms with Crippen molar-refractivity contribution in [1.29, 1.82) is 0 Å². The Labute approximate surface area is 168 Å². The van der Waals surface area contributed by atoms with E-state index in [0.29, 0.717) is 5.69 Å². The van der Waals surface area contributed by atoms with Crippen molar-refractivity contribution in [2.24, 2.45) is 5.92 Å². The van der Waals surface area contributed by atoms with Gasteiger partial charge in [0.25, 0.3) is 5.91 Å². The summed E-state index contributed by atoms with van der Waals surface area (Å²) < 4.78 is 5.14. The summed E-state index contributed by atoms with van der Waals surface area (Å²) in [5, 5.41) is 2.72. The summed E-state index contributed by atoms with van der Waals surface area (Å²) in [5.41, 5.74) is 2.37. The van der Waals surface area contributed by atoms with Crippen LogP contribution in [-0.2, 0) is 19.1 Å². The Morgan fingerprint density at radius 2 is 2.00 bits per heavy atom. The number of carbonyl (C=O) groups excluding carboxylic acids is 3. The second-order valence-corrected chi connectivity index (χ2v) is 7.46. The zero-order valence-corrected chi connectivity index (χ0v) is 16.6. The molecule has 0 bridgehead atoms. The molecule has 1 fully saturated rings. The van der Waals surface area contributed by atoms with Crippen LogP contribution >= 0.6 is 11.8 Å². The highest BCUT2D eigenvalue weighted by atomic mass is 32.2. The van der Waals surface area contributed by atoms with Crippen LogP contribution in [0.3, 0.4) is 0 Å². The molecule has 1 aliphatic heterocycles. The van der Waals surface area contributed by atoms with Crippen molar-refractivity contribution >= 4 is 40.9 Å². The molecule has 3 rings (SSSR count). The van der Waals surface area contributed by atoms with Gasteiger partial charge in [0.2, 0.25) is 5.91 Å². The van der Waals surface area contributed by atoms with E-state index in [0.717, 1.165) is 16.1 Å². The first-order chi connectivity index (χ1) is 13.5. The fourth-order valence-electron chi connectivity index (χ4n) is 3.05. The normalized spacial score (nSPS) is 16.1. The zero-order valence-electron chi connectivity index (χ0n) is 15.8. The molecule has 0 radical (unpaired) electrons. The lowest BCUT2D eigenvalue weighted by Crippen LogP contribution is -2.28. The van der Waals surface area contributed by atoms with Gasteiger partial charge in [-0.2, -0.15) is 0 Å². The molecule has 6 nitrogen and oxygen atoms in total. The fraction of sp³-hybridized carbons (Fsp3) is 0.286. The van der Waals surface area contributed by atoms with Crippen LogP contribution in [0, 0.1) is 12.8 Å². The van der Waals surface area contributed by atoms with E-state index in [-0.39, 0.29) is 25.5 Å². The summed E-state index contributed by atoms with van der Waals surface area (Å²) in [7, 11) is 0. The molecule has 7 heteroatoms. The predicted octanol–water partition coefficient (Wildman–Crippen LogP) is 3.25. The smallest absolute Gasteiger partial charge is 0.311 e. The molecular formula is C21H22N2O4S. The van der Waals surface area contributed by atoms with Gasteiger partial charge in [0.15, 0.2) is 6.61 Å². The zero-order chi connectivity index (χ0) is 20.1. The standard InChI is InChI=1S/C21H22N2O4S/c1-14-6-3-4-9-18(14)22-19(24)13-27-21(26)15-10-20(25)23(12-15)16-7-5-8-17(11-16)28-2/h3-9,11,15H,10,12-13H2,1-2H3,(H,22,24)/t15-/m0/s1. The number of nitrogens with zero attached hydrogens (tertiary/aromatic N) is 1. The Hall–Kier alpha value is -2.80. The maximum atomic E-state index is 12.3. The van der Waals surface area contributed by atoms with E-state index in [1.807, 2.05) is 55.6 Å². The quantitative estimate of drug-likeness (QED) is 0.597. The van der Waals surface area contributed by atoms with E-state index in [9.17, 15) is 14.4 Å². The number of para-hydroxylation sites is 1. The third kappa shape index (κ3) is 4.72. The van der Waals surface area contributed by atoms with E-state index < -0.39 is 17.8 Å². The number of aryl methyl sites for hydroxylation is 1. The number of hydrogen-bond donors (Lipinski definition) is 1. The van der Waals surface area contributed by atoms with Crippen molar-refractivity contribution in [1.82, 2.24) is 0 Å². The summed E-state index contributed by atoms with van der Waals surface area (Å²) in [5.74, 6) is -1.63. The molecular weight excluding hydrogens is 376 g/mol. The van der Waals surface area contributed by atoms with Gasteiger partial charge in [-0.3, -0.25) is 14.4 Å². The molecule has 0 aromatic heterocycles. The molecule has 2 amide bonds. The Balaban J connectivity index is 1.54. The maximum Gasteiger partial charge on any atom is 0.311 e. The second-order valence-electron chi connectivity index (χ2n) is 6.58. The van der Waals surface area contributed by atoms with E-state index in [1.165, 1.54) is 0 Å². The van der Waals surface area contributed by atoms with Gasteiger partial charge in [-0.05, 0) is 43.0 Å². The van der Waals surface area contributed by atoms with E-state index >= 15 is 0 Å². The average molecular weight is 398 g/mol. The van der Waals surface area contributed by atoms with E-state index in [2.05, 4.69) is 5.32 Å². The molecule has 0 aliphatic carbocycles. The summed E-state index contributed by atoms with van der Waals surface area (Å²) in [6, 6.07) is 15.0. The van der Waals surface area contributed by atoms with Crippen LogP contribution < -0.4 is 10.2 Å². The lowest BCUT2D eigenvalue weighted by Gasteiger charge is -2.17. The Morgan fingerprint density at radius 1 is 1.21 bits per heavy atom. The van der Waals surface area contributed by atoms with Crippen LogP contribution in [0.1, 0.15) is 12.0 Å². The van der Waals surface area contributed by atoms with Crippen molar-refractivity contribution in [3.63, 3.8) is 0 Å². The molecule has 2 aromatic rings. The third-order valence-electron chi connectivity index (χ3n) is 4.59. The Kier molecular flexibility index (Phi) is 6.36. The van der Waals surface area contributed by atoms with Gasteiger partial charge >= 0.3 is 5.97 Å². The number of carbonyl (C=O) groups is 3. The number of ether oxygens (including phenoxy) is 1. The van der Waals surface area contributed by atoms with Crippen molar-refractivity contribution in [2.45, 2.75) is 18.2 Å². The van der Waals surface area contributed by atoms with Gasteiger partial charge in [0.1, 0.15) is 0 Å². The minimum atomic E-state index is -0.573. The van der Waals surface area contributed by atoms with Crippen molar-refractivity contribution < 1.29 is 19.1 Å². The summed E-state index contributed by atoms with van der Waals surface area (Å²) in [6.07, 6.45) is 2.05. The lowest BCUT2D eigenvalue weighted by atomic mass is 10.1. The molecule has 146 valence electrons. The monoisotopic (exact) mass is 398 g/mol. The first kappa shape index (κ1) is 19.9. The largest absolute Gasteiger partial charge is 0.455 e. The Bertz CT molecular complexity index is 899. The molecule has 28 heavy (non-hydrogen) atoms. The minimum Gasteiger partial charge on any atom is -0.455 e. The first-order valence-corrected chi connectivity index (χ1v) is 10.2. The van der Waals surface area contributed by atoms with Crippen LogP contribution in [-0.4, -0.2) is 37.2 Å². The number of rotatable bonds is 6. The number of anilines is 2. The molecule has 1 N–H and O–H groups in total. The SMILES string of the molecule is CSc1cccc(N2C[C@@H](C(=O)OCC(=O)Nc3ccccc3C)CC2=O)c1. The average Bonchev–Trinajstić information content (AvgIpc) is 3.10. The number of nitrogens with one attached hydrogen (secondary N) is 1. The highest BCUT2D eigenvalue weighted by Crippen LogP contribution is 2.28. The van der Waals surface area contributed by atoms with Crippen LogP contribution in [0.2, 0.25) is 0 Å². The minimum absolute atomic E-state index is 0.0851. The Morgan fingerprint density at radius 3 is 2.75 bits per heavy atom. The topological polar surface area (TPSA) is 75.7 Å². The van der Waals surface area contributed by atoms with Gasteiger partial charge in [-0.25, -0.2) is 0 Å². The maximum absolute atomic E-state index is 12.3. The molecule has 1 heterocycles. The molecule has 0 spiro atoms. The van der Waals surface area contributed by atoms with Crippen molar-refractivity contribution in [3.8, 4) is 0 Å².